The predicted octanol–water partition coefficient (Wildman–Crippen LogP) is 3.60. The van der Waals surface area contributed by atoms with E-state index >= 15 is 0 Å². The molecule has 5 heteroatoms. The van der Waals surface area contributed by atoms with Gasteiger partial charge < -0.3 is 10.0 Å². The molecule has 4 nitrogen and oxygen atoms in total. The van der Waals surface area contributed by atoms with Gasteiger partial charge in [-0.25, -0.2) is 4.98 Å². The molecule has 3 atom stereocenters. The highest BCUT2D eigenvalue weighted by atomic mass is 32.1. The van der Waals surface area contributed by atoms with Crippen LogP contribution in [0.3, 0.4) is 0 Å². The minimum absolute atomic E-state index is 0.00799. The van der Waals surface area contributed by atoms with Crippen molar-refractivity contribution in [3.63, 3.8) is 0 Å². The number of thiazole rings is 1. The number of rotatable bonds is 5. The summed E-state index contributed by atoms with van der Waals surface area (Å²) >= 11 is 1.55. The van der Waals surface area contributed by atoms with E-state index in [1.165, 1.54) is 0 Å². The Morgan fingerprint density at radius 3 is 2.67 bits per heavy atom. The first-order valence-corrected chi connectivity index (χ1v) is 9.07. The van der Waals surface area contributed by atoms with E-state index in [0.717, 1.165) is 28.4 Å². The van der Waals surface area contributed by atoms with Crippen LogP contribution in [0.25, 0.3) is 6.08 Å². The predicted molar refractivity (Wildman–Crippen MR) is 98.1 cm³/mol. The van der Waals surface area contributed by atoms with Crippen molar-refractivity contribution in [1.29, 1.82) is 5.26 Å². The minimum Gasteiger partial charge on any atom is -0.394 e. The molecule has 0 aliphatic carbocycles. The van der Waals surface area contributed by atoms with E-state index in [2.05, 4.69) is 42.2 Å². The molecule has 0 radical (unpaired) electrons. The Hall–Kier alpha value is -2.16. The van der Waals surface area contributed by atoms with E-state index in [1.807, 2.05) is 29.4 Å². The van der Waals surface area contributed by atoms with Crippen LogP contribution in [-0.2, 0) is 6.42 Å². The molecule has 0 unspecified atom stereocenters. The van der Waals surface area contributed by atoms with Crippen molar-refractivity contribution in [2.24, 2.45) is 0 Å². The molecule has 1 aliphatic heterocycles. The van der Waals surface area contributed by atoms with Crippen LogP contribution in [0.15, 0.2) is 35.7 Å². The first-order chi connectivity index (χ1) is 11.7. The largest absolute Gasteiger partial charge is 0.394 e. The highest BCUT2D eigenvalue weighted by Gasteiger charge is 2.50. The Bertz CT molecular complexity index is 760. The molecule has 0 bridgehead atoms. The van der Waals surface area contributed by atoms with Crippen molar-refractivity contribution in [3.05, 3.63) is 52.5 Å². The third kappa shape index (κ3) is 2.83. The fourth-order valence-electron chi connectivity index (χ4n) is 3.27. The highest BCUT2D eigenvalue weighted by molar-refractivity contribution is 7.13. The summed E-state index contributed by atoms with van der Waals surface area (Å²) in [5, 5.41) is 22.4. The molecule has 2 heterocycles. The summed E-state index contributed by atoms with van der Waals surface area (Å²) in [6, 6.07) is 10.2. The van der Waals surface area contributed by atoms with Gasteiger partial charge in [0.1, 0.15) is 6.04 Å². The molecule has 0 spiro atoms. The number of nitriles is 1. The molecule has 0 amide bonds. The first-order valence-electron chi connectivity index (χ1n) is 8.19. The Morgan fingerprint density at radius 2 is 2.12 bits per heavy atom. The second-order valence-electron chi connectivity index (χ2n) is 5.90. The van der Waals surface area contributed by atoms with Gasteiger partial charge in [0.15, 0.2) is 5.13 Å². The lowest BCUT2D eigenvalue weighted by Crippen LogP contribution is -2.63. The lowest BCUT2D eigenvalue weighted by atomic mass is 9.76. The molecule has 1 fully saturated rings. The zero-order chi connectivity index (χ0) is 17.1. The normalized spacial score (nSPS) is 23.2. The summed E-state index contributed by atoms with van der Waals surface area (Å²) in [6.07, 6.45) is 4.92. The molecule has 1 saturated heterocycles. The molecule has 1 aliphatic rings. The zero-order valence-corrected chi connectivity index (χ0v) is 14.7. The van der Waals surface area contributed by atoms with Crippen LogP contribution in [-0.4, -0.2) is 28.8 Å². The molecule has 3 rings (SSSR count). The van der Waals surface area contributed by atoms with E-state index < -0.39 is 0 Å². The topological polar surface area (TPSA) is 60.2 Å². The first kappa shape index (κ1) is 16.7. The molecule has 1 aromatic carbocycles. The van der Waals surface area contributed by atoms with Crippen molar-refractivity contribution in [2.45, 2.75) is 38.3 Å². The molecule has 1 aromatic heterocycles. The average Bonchev–Trinajstić information content (AvgIpc) is 3.05. The lowest BCUT2D eigenvalue weighted by Gasteiger charge is -2.51. The van der Waals surface area contributed by atoms with Crippen LogP contribution in [0.5, 0.6) is 0 Å². The van der Waals surface area contributed by atoms with Gasteiger partial charge in [-0.05, 0) is 24.5 Å². The fourth-order valence-corrected chi connectivity index (χ4v) is 4.27. The van der Waals surface area contributed by atoms with Crippen molar-refractivity contribution < 1.29 is 5.11 Å². The molecule has 124 valence electrons. The monoisotopic (exact) mass is 339 g/mol. The van der Waals surface area contributed by atoms with Gasteiger partial charge in [0.25, 0.3) is 0 Å². The maximum absolute atomic E-state index is 9.88. The second-order valence-corrected chi connectivity index (χ2v) is 6.74. The quantitative estimate of drug-likeness (QED) is 0.904. The average molecular weight is 339 g/mol. The van der Waals surface area contributed by atoms with Gasteiger partial charge in [-0.15, -0.1) is 11.3 Å². The van der Waals surface area contributed by atoms with Gasteiger partial charge >= 0.3 is 0 Å². The van der Waals surface area contributed by atoms with E-state index in [1.54, 1.807) is 11.3 Å². The maximum Gasteiger partial charge on any atom is 0.186 e. The number of aryl methyl sites for hydroxylation is 1. The summed E-state index contributed by atoms with van der Waals surface area (Å²) in [5.41, 5.74) is 3.26. The highest BCUT2D eigenvalue weighted by Crippen LogP contribution is 2.44. The van der Waals surface area contributed by atoms with Gasteiger partial charge in [0.05, 0.1) is 24.4 Å². The van der Waals surface area contributed by atoms with Crippen LogP contribution in [0.4, 0.5) is 5.13 Å². The second kappa shape index (κ2) is 7.16. The van der Waals surface area contributed by atoms with Gasteiger partial charge in [0, 0.05) is 11.3 Å². The Labute approximate surface area is 146 Å². The van der Waals surface area contributed by atoms with Gasteiger partial charge in [0.2, 0.25) is 0 Å². The maximum atomic E-state index is 9.88. The van der Waals surface area contributed by atoms with E-state index in [0.29, 0.717) is 0 Å². The fraction of sp³-hybridized carbons (Fsp3) is 0.368. The summed E-state index contributed by atoms with van der Waals surface area (Å²) in [5.74, 6) is 0.00799. The van der Waals surface area contributed by atoms with Crippen LogP contribution < -0.4 is 4.90 Å². The van der Waals surface area contributed by atoms with Crippen LogP contribution >= 0.6 is 11.3 Å². The van der Waals surface area contributed by atoms with Crippen molar-refractivity contribution >= 4 is 22.5 Å². The number of aromatic nitrogens is 1. The van der Waals surface area contributed by atoms with Crippen LogP contribution in [0.2, 0.25) is 0 Å². The Balaban J connectivity index is 1.87. The summed E-state index contributed by atoms with van der Waals surface area (Å²) in [4.78, 5) is 6.55. The van der Waals surface area contributed by atoms with E-state index in [9.17, 15) is 10.4 Å². The van der Waals surface area contributed by atoms with Crippen LogP contribution in [0.1, 0.15) is 36.6 Å². The Morgan fingerprint density at radius 1 is 1.38 bits per heavy atom. The van der Waals surface area contributed by atoms with Gasteiger partial charge in [-0.1, -0.05) is 43.3 Å². The Kier molecular flexibility index (Phi) is 4.98. The minimum atomic E-state index is -0.287. The van der Waals surface area contributed by atoms with Crippen LogP contribution in [0, 0.1) is 11.3 Å². The lowest BCUT2D eigenvalue weighted by molar-refractivity contribution is 0.187. The number of hydrogen-bond acceptors (Lipinski definition) is 5. The number of hydrogen-bond donors (Lipinski definition) is 1. The number of aliphatic hydroxyl groups excluding tert-OH is 1. The molecule has 2 aromatic rings. The number of anilines is 1. The number of benzene rings is 1. The number of allylic oxidation sites excluding steroid dienone is 1. The zero-order valence-electron chi connectivity index (χ0n) is 13.9. The van der Waals surface area contributed by atoms with Gasteiger partial charge in [-0.3, -0.25) is 0 Å². The summed E-state index contributed by atoms with van der Waals surface area (Å²) < 4.78 is 0. The van der Waals surface area contributed by atoms with Crippen molar-refractivity contribution in [1.82, 2.24) is 4.98 Å². The van der Waals surface area contributed by atoms with Crippen molar-refractivity contribution in [2.75, 3.05) is 11.5 Å². The van der Waals surface area contributed by atoms with E-state index in [-0.39, 0.29) is 24.6 Å². The summed E-state index contributed by atoms with van der Waals surface area (Å²) in [7, 11) is 0. The molecular formula is C19H21N3OS. The smallest absolute Gasteiger partial charge is 0.186 e. The van der Waals surface area contributed by atoms with E-state index in [4.69, 9.17) is 0 Å². The number of aliphatic hydroxyl groups is 1. The van der Waals surface area contributed by atoms with Gasteiger partial charge in [-0.2, -0.15) is 5.26 Å². The molecule has 0 saturated carbocycles. The third-order valence-electron chi connectivity index (χ3n) is 4.53. The summed E-state index contributed by atoms with van der Waals surface area (Å²) in [6.45, 7) is 4.07. The number of nitrogens with zero attached hydrogens (tertiary/aromatic N) is 3. The SMILES string of the molecule is C/C=C/c1ccc([C@H]2[C@@H](C#N)N(c3nc(CC)cs3)[C@@H]2CO)cc1. The molecule has 24 heavy (non-hydrogen) atoms. The standard InChI is InChI=1S/C19H21N3OS/c1-3-5-13-6-8-14(9-7-13)18-16(10-20)22(17(18)11-23)19-21-15(4-2)12-24-19/h3,5-9,12,16-18,23H,4,11H2,1-2H3/b5-3+/t16-,17-,18+/m1/s1. The van der Waals surface area contributed by atoms with Crippen molar-refractivity contribution in [3.8, 4) is 6.07 Å². The molecule has 1 N–H and O–H groups in total. The molecular weight excluding hydrogens is 318 g/mol. The third-order valence-corrected chi connectivity index (χ3v) is 5.44.